The Bertz CT molecular complexity index is 479. The van der Waals surface area contributed by atoms with E-state index >= 15 is 0 Å². The average Bonchev–Trinajstić information content (AvgIpc) is 2.58. The van der Waals surface area contributed by atoms with Crippen LogP contribution < -0.4 is 10.6 Å². The van der Waals surface area contributed by atoms with Gasteiger partial charge in [-0.2, -0.15) is 0 Å². The van der Waals surface area contributed by atoms with Gasteiger partial charge in [0.2, 0.25) is 0 Å². The topological polar surface area (TPSA) is 56.7 Å². The molecule has 0 aliphatic heterocycles. The molecule has 3 N–H and O–H groups in total. The quantitative estimate of drug-likeness (QED) is 0.255. The Hall–Kier alpha value is -0.820. The second-order valence-corrected chi connectivity index (χ2v) is 7.30. The van der Waals surface area contributed by atoms with Crippen LogP contribution in [0.4, 0.5) is 0 Å². The first-order valence-corrected chi connectivity index (χ1v) is 9.74. The van der Waals surface area contributed by atoms with Gasteiger partial charge in [-0.15, -0.1) is 24.0 Å². The standard InChI is InChI=1S/C21H37N3O.HI/c1-5-22-21(23-16-20(13-14-25)15-17(2)3)24-18(4)11-12-19-9-7-6-8-10-19;/h6-10,17-18,20,25H,5,11-16H2,1-4H3,(H2,22,23,24);1H. The highest BCUT2D eigenvalue weighted by atomic mass is 127. The smallest absolute Gasteiger partial charge is 0.191 e. The predicted octanol–water partition coefficient (Wildman–Crippen LogP) is 4.23. The van der Waals surface area contributed by atoms with E-state index in [1.807, 2.05) is 0 Å². The Balaban J connectivity index is 0.00000625. The number of aliphatic hydroxyl groups is 1. The van der Waals surface area contributed by atoms with Gasteiger partial charge in [0.15, 0.2) is 5.96 Å². The summed E-state index contributed by atoms with van der Waals surface area (Å²) < 4.78 is 0. The third-order valence-corrected chi connectivity index (χ3v) is 4.29. The molecule has 5 heteroatoms. The fourth-order valence-electron chi connectivity index (χ4n) is 3.01. The van der Waals surface area contributed by atoms with Crippen molar-refractivity contribution in [1.29, 1.82) is 0 Å². The first kappa shape index (κ1) is 25.2. The Labute approximate surface area is 177 Å². The molecule has 0 radical (unpaired) electrons. The minimum Gasteiger partial charge on any atom is -0.396 e. The van der Waals surface area contributed by atoms with Gasteiger partial charge in [0, 0.05) is 25.7 Å². The highest BCUT2D eigenvalue weighted by Crippen LogP contribution is 2.15. The van der Waals surface area contributed by atoms with Crippen molar-refractivity contribution >= 4 is 29.9 Å². The van der Waals surface area contributed by atoms with Crippen molar-refractivity contribution < 1.29 is 5.11 Å². The van der Waals surface area contributed by atoms with E-state index in [0.717, 1.165) is 44.7 Å². The van der Waals surface area contributed by atoms with E-state index in [0.29, 0.717) is 17.9 Å². The molecule has 0 fully saturated rings. The van der Waals surface area contributed by atoms with E-state index in [1.165, 1.54) is 5.56 Å². The summed E-state index contributed by atoms with van der Waals surface area (Å²) in [5, 5.41) is 16.1. The summed E-state index contributed by atoms with van der Waals surface area (Å²) in [6.07, 6.45) is 4.06. The monoisotopic (exact) mass is 475 g/mol. The second kappa shape index (κ2) is 15.3. The van der Waals surface area contributed by atoms with Gasteiger partial charge in [-0.3, -0.25) is 4.99 Å². The van der Waals surface area contributed by atoms with Crippen LogP contribution in [0.2, 0.25) is 0 Å². The van der Waals surface area contributed by atoms with Gasteiger partial charge < -0.3 is 15.7 Å². The first-order chi connectivity index (χ1) is 12.0. The van der Waals surface area contributed by atoms with Crippen molar-refractivity contribution in [2.75, 3.05) is 19.7 Å². The van der Waals surface area contributed by atoms with E-state index in [2.05, 4.69) is 68.7 Å². The van der Waals surface area contributed by atoms with Gasteiger partial charge in [-0.1, -0.05) is 44.2 Å². The minimum atomic E-state index is 0. The highest BCUT2D eigenvalue weighted by Gasteiger charge is 2.11. The van der Waals surface area contributed by atoms with E-state index in [1.54, 1.807) is 0 Å². The summed E-state index contributed by atoms with van der Waals surface area (Å²) in [5.41, 5.74) is 1.37. The molecule has 1 rings (SSSR count). The molecule has 0 aliphatic carbocycles. The average molecular weight is 475 g/mol. The van der Waals surface area contributed by atoms with E-state index in [-0.39, 0.29) is 30.6 Å². The molecule has 150 valence electrons. The number of guanidine groups is 1. The normalized spacial score (nSPS) is 13.8. The predicted molar refractivity (Wildman–Crippen MR) is 123 cm³/mol. The van der Waals surface area contributed by atoms with Crippen molar-refractivity contribution in [1.82, 2.24) is 10.6 Å². The van der Waals surface area contributed by atoms with E-state index < -0.39 is 0 Å². The highest BCUT2D eigenvalue weighted by molar-refractivity contribution is 14.0. The zero-order valence-electron chi connectivity index (χ0n) is 16.9. The first-order valence-electron chi connectivity index (χ1n) is 9.74. The van der Waals surface area contributed by atoms with Crippen LogP contribution in [-0.4, -0.2) is 36.8 Å². The lowest BCUT2D eigenvalue weighted by molar-refractivity contribution is 0.245. The zero-order valence-corrected chi connectivity index (χ0v) is 19.2. The number of aryl methyl sites for hydroxylation is 1. The van der Waals surface area contributed by atoms with Crippen molar-refractivity contribution in [3.8, 4) is 0 Å². The number of hydrogen-bond acceptors (Lipinski definition) is 2. The molecule has 4 nitrogen and oxygen atoms in total. The molecule has 0 heterocycles. The molecule has 0 amide bonds. The number of nitrogens with zero attached hydrogens (tertiary/aromatic N) is 1. The van der Waals surface area contributed by atoms with Crippen LogP contribution >= 0.6 is 24.0 Å². The van der Waals surface area contributed by atoms with Gasteiger partial charge in [0.05, 0.1) is 0 Å². The molecule has 2 unspecified atom stereocenters. The number of rotatable bonds is 11. The molecule has 0 bridgehead atoms. The summed E-state index contributed by atoms with van der Waals surface area (Å²) >= 11 is 0. The molecule has 0 aliphatic rings. The molecular formula is C21H38IN3O. The number of nitrogens with one attached hydrogen (secondary N) is 2. The summed E-state index contributed by atoms with van der Waals surface area (Å²) in [7, 11) is 0. The van der Waals surface area contributed by atoms with Gasteiger partial charge in [-0.25, -0.2) is 0 Å². The van der Waals surface area contributed by atoms with Crippen molar-refractivity contribution in [2.45, 2.75) is 59.4 Å². The number of aliphatic hydroxyl groups excluding tert-OH is 1. The van der Waals surface area contributed by atoms with Crippen molar-refractivity contribution in [3.63, 3.8) is 0 Å². The summed E-state index contributed by atoms with van der Waals surface area (Å²) in [5.74, 6) is 1.96. The van der Waals surface area contributed by atoms with Crippen LogP contribution in [-0.2, 0) is 6.42 Å². The zero-order chi connectivity index (χ0) is 18.5. The van der Waals surface area contributed by atoms with Gasteiger partial charge in [-0.05, 0) is 56.9 Å². The van der Waals surface area contributed by atoms with Crippen molar-refractivity contribution in [3.05, 3.63) is 35.9 Å². The van der Waals surface area contributed by atoms with Crippen LogP contribution in [0, 0.1) is 11.8 Å². The van der Waals surface area contributed by atoms with Crippen LogP contribution in [0.5, 0.6) is 0 Å². The summed E-state index contributed by atoms with van der Waals surface area (Å²) in [6.45, 7) is 10.6. The van der Waals surface area contributed by atoms with E-state index in [4.69, 9.17) is 4.99 Å². The number of benzene rings is 1. The van der Waals surface area contributed by atoms with Gasteiger partial charge in [0.25, 0.3) is 0 Å². The number of halogens is 1. The maximum absolute atomic E-state index is 9.26. The van der Waals surface area contributed by atoms with Crippen LogP contribution in [0.1, 0.15) is 52.5 Å². The molecule has 0 spiro atoms. The van der Waals surface area contributed by atoms with Crippen LogP contribution in [0.15, 0.2) is 35.3 Å². The van der Waals surface area contributed by atoms with Crippen molar-refractivity contribution in [2.24, 2.45) is 16.8 Å². The second-order valence-electron chi connectivity index (χ2n) is 7.30. The maximum Gasteiger partial charge on any atom is 0.191 e. The van der Waals surface area contributed by atoms with Crippen LogP contribution in [0.3, 0.4) is 0 Å². The fourth-order valence-corrected chi connectivity index (χ4v) is 3.01. The molecule has 26 heavy (non-hydrogen) atoms. The SMILES string of the molecule is CCNC(=NCC(CCO)CC(C)C)NC(C)CCc1ccccc1.I. The Morgan fingerprint density at radius 2 is 1.81 bits per heavy atom. The molecule has 1 aromatic rings. The summed E-state index contributed by atoms with van der Waals surface area (Å²) in [4.78, 5) is 4.76. The largest absolute Gasteiger partial charge is 0.396 e. The molecular weight excluding hydrogens is 437 g/mol. The number of hydrogen-bond donors (Lipinski definition) is 3. The molecule has 0 saturated heterocycles. The molecule has 1 aromatic carbocycles. The maximum atomic E-state index is 9.26. The Morgan fingerprint density at radius 3 is 2.38 bits per heavy atom. The molecule has 0 saturated carbocycles. The number of aliphatic imine (C=N–C) groups is 1. The lowest BCUT2D eigenvalue weighted by atomic mass is 9.94. The lowest BCUT2D eigenvalue weighted by Gasteiger charge is -2.20. The summed E-state index contributed by atoms with van der Waals surface area (Å²) in [6, 6.07) is 11.0. The lowest BCUT2D eigenvalue weighted by Crippen LogP contribution is -2.42. The van der Waals surface area contributed by atoms with Crippen LogP contribution in [0.25, 0.3) is 0 Å². The van der Waals surface area contributed by atoms with E-state index in [9.17, 15) is 5.11 Å². The van der Waals surface area contributed by atoms with Gasteiger partial charge >= 0.3 is 0 Å². The molecule has 2 atom stereocenters. The third kappa shape index (κ3) is 11.7. The molecule has 0 aromatic heterocycles. The van der Waals surface area contributed by atoms with Gasteiger partial charge in [0.1, 0.15) is 0 Å². The minimum absolute atomic E-state index is 0. The Morgan fingerprint density at radius 1 is 1.12 bits per heavy atom. The third-order valence-electron chi connectivity index (χ3n) is 4.29. The Kier molecular flexibility index (Phi) is 14.8. The fraction of sp³-hybridized carbons (Fsp3) is 0.667.